The van der Waals surface area contributed by atoms with Gasteiger partial charge in [-0.05, 0) is 17.6 Å². The number of rotatable bonds is 11. The summed E-state index contributed by atoms with van der Waals surface area (Å²) in [7, 11) is -17.0. The third-order valence-corrected chi connectivity index (χ3v) is 7.85. The Hall–Kier alpha value is -1.75. The molecule has 0 bridgehead atoms. The summed E-state index contributed by atoms with van der Waals surface area (Å²) >= 11 is 0. The lowest BCUT2D eigenvalue weighted by molar-refractivity contribution is -0.178. The Morgan fingerprint density at radius 3 is 2.49 bits per heavy atom. The lowest BCUT2D eigenvalue weighted by atomic mass is 10.2. The van der Waals surface area contributed by atoms with Gasteiger partial charge in [0.1, 0.15) is 12.3 Å². The predicted molar refractivity (Wildman–Crippen MR) is 108 cm³/mol. The molecule has 0 aromatic carbocycles. The van der Waals surface area contributed by atoms with E-state index in [9.17, 15) is 37.5 Å². The zero-order chi connectivity index (χ0) is 26.8. The number of nitrogens with one attached hydrogen (secondary N) is 1. The summed E-state index contributed by atoms with van der Waals surface area (Å²) in [4.78, 5) is 63.9. The number of aromatic nitrogens is 2. The number of phosphoric ester groups is 1. The summed E-state index contributed by atoms with van der Waals surface area (Å²) < 4.78 is 71.4. The number of aryl methyl sites for hydroxylation is 1. The van der Waals surface area contributed by atoms with Gasteiger partial charge in [-0.1, -0.05) is 0 Å². The van der Waals surface area contributed by atoms with Crippen molar-refractivity contribution in [2.45, 2.75) is 44.7 Å². The predicted octanol–water partition coefficient (Wildman–Crippen LogP) is 0.815. The van der Waals surface area contributed by atoms with E-state index < -0.39 is 65.7 Å². The Balaban J connectivity index is 2.25. The molecule has 0 saturated carbocycles. The maximum atomic E-state index is 14.4. The highest BCUT2D eigenvalue weighted by atomic mass is 31.3. The number of phosphoric acid groups is 3. The molecule has 0 amide bonds. The highest BCUT2D eigenvalue weighted by molar-refractivity contribution is 7.66. The number of H-pyrrole nitrogens is 1. The molecule has 35 heavy (non-hydrogen) atoms. The van der Waals surface area contributed by atoms with Gasteiger partial charge in [-0.25, -0.2) is 22.9 Å². The first-order chi connectivity index (χ1) is 15.8. The number of halogens is 1. The molecule has 1 aliphatic rings. The van der Waals surface area contributed by atoms with Crippen LogP contribution in [0.2, 0.25) is 0 Å². The average molecular weight is 569 g/mol. The molecule has 0 aliphatic carbocycles. The molecule has 1 fully saturated rings. The third-order valence-electron chi connectivity index (χ3n) is 4.04. The van der Waals surface area contributed by atoms with E-state index in [0.717, 1.165) is 17.7 Å². The molecule has 1 aromatic rings. The molecule has 5 N–H and O–H groups in total. The minimum Gasteiger partial charge on any atom is -0.349 e. The number of ether oxygens (including phenoxy) is 2. The minimum absolute atomic E-state index is 0.0896. The lowest BCUT2D eigenvalue weighted by Gasteiger charge is -2.24. The fourth-order valence-electron chi connectivity index (χ4n) is 2.80. The van der Waals surface area contributed by atoms with Gasteiger partial charge < -0.3 is 29.0 Å². The van der Waals surface area contributed by atoms with E-state index in [0.29, 0.717) is 0 Å². The second-order valence-corrected chi connectivity index (χ2v) is 11.4. The molecule has 198 valence electrons. The molecular weight excluding hydrogens is 550 g/mol. The third kappa shape index (κ3) is 9.00. The molecule has 1 aliphatic heterocycles. The summed E-state index contributed by atoms with van der Waals surface area (Å²) in [6.45, 7) is 1.04. The van der Waals surface area contributed by atoms with Crippen molar-refractivity contribution < 1.29 is 60.3 Å². The van der Waals surface area contributed by atoms with Crippen LogP contribution in [0.15, 0.2) is 20.9 Å². The van der Waals surface area contributed by atoms with E-state index >= 15 is 0 Å². The first-order valence-electron chi connectivity index (χ1n) is 9.02. The Morgan fingerprint density at radius 1 is 1.29 bits per heavy atom. The number of aromatic amines is 1. The van der Waals surface area contributed by atoms with Crippen LogP contribution in [0.25, 0.3) is 10.4 Å². The lowest BCUT2D eigenvalue weighted by Crippen LogP contribution is -2.35. The number of hydrogen-bond acceptors (Lipinski definition) is 11. The number of alkyl halides is 1. The van der Waals surface area contributed by atoms with Crippen molar-refractivity contribution in [1.82, 2.24) is 9.55 Å². The quantitative estimate of drug-likeness (QED) is 0.0811. The molecule has 1 saturated heterocycles. The van der Waals surface area contributed by atoms with E-state index in [1.807, 2.05) is 4.98 Å². The number of hydrogen-bond donors (Lipinski definition) is 5. The monoisotopic (exact) mass is 569 g/mol. The summed E-state index contributed by atoms with van der Waals surface area (Å²) in [6.07, 6.45) is -3.47. The Morgan fingerprint density at radius 2 is 1.91 bits per heavy atom. The van der Waals surface area contributed by atoms with Gasteiger partial charge in [0.2, 0.25) is 0 Å². The highest BCUT2D eigenvalue weighted by Gasteiger charge is 2.45. The van der Waals surface area contributed by atoms with E-state index in [1.54, 1.807) is 0 Å². The van der Waals surface area contributed by atoms with Gasteiger partial charge in [-0.3, -0.25) is 18.9 Å². The molecule has 0 radical (unpaired) electrons. The van der Waals surface area contributed by atoms with E-state index in [4.69, 9.17) is 24.8 Å². The summed E-state index contributed by atoms with van der Waals surface area (Å²) in [5.74, 6) is -2.96. The van der Waals surface area contributed by atoms with Crippen LogP contribution in [0.5, 0.6) is 0 Å². The van der Waals surface area contributed by atoms with Gasteiger partial charge in [0, 0.05) is 30.0 Å². The molecule has 2 rings (SSSR count). The normalized spacial score (nSPS) is 25.7. The topological polar surface area (TPSA) is 282 Å². The van der Waals surface area contributed by atoms with Gasteiger partial charge in [0.15, 0.2) is 0 Å². The fraction of sp³-hybridized carbons (Fsp3) is 0.667. The number of azide groups is 1. The van der Waals surface area contributed by atoms with Crippen LogP contribution in [-0.2, 0) is 36.3 Å². The molecule has 23 heteroatoms. The minimum atomic E-state index is -5.80. The van der Waals surface area contributed by atoms with Gasteiger partial charge >= 0.3 is 29.2 Å². The molecule has 4 unspecified atom stereocenters. The van der Waals surface area contributed by atoms with Crippen LogP contribution in [0, 0.1) is 6.92 Å². The van der Waals surface area contributed by atoms with Gasteiger partial charge in [-0.15, -0.1) is 0 Å². The first-order valence-corrected chi connectivity index (χ1v) is 13.5. The second-order valence-electron chi connectivity index (χ2n) is 6.95. The van der Waals surface area contributed by atoms with E-state index in [-0.39, 0.29) is 12.0 Å². The van der Waals surface area contributed by atoms with E-state index in [2.05, 4.69) is 23.2 Å². The molecule has 6 atom stereocenters. The number of nitrogens with zero attached hydrogens (tertiary/aromatic N) is 4. The average Bonchev–Trinajstić information content (AvgIpc) is 3.01. The maximum absolute atomic E-state index is 14.4. The summed E-state index contributed by atoms with van der Waals surface area (Å²) in [5.41, 5.74) is 6.92. The largest absolute Gasteiger partial charge is 0.490 e. The standard InChI is InChI=1S/C12H19FN5O14P3/c1-6-4-18(11(20)15-10(6)19)9-3-7(30-12(2,13)16-17-14)8(29-9)5-28-34(24,25)32-35(26,27)31-33(21,22)23/h4,7-9H,3,5H2,1-2H3,(H,24,25)(H,26,27)(H,15,19,20)(H2,21,22,23)/t7?,8-,9-,12?/m1/s1. The Kier molecular flexibility index (Phi) is 9.01. The van der Waals surface area contributed by atoms with Crippen LogP contribution in [-0.4, -0.2) is 53.9 Å². The van der Waals surface area contributed by atoms with Crippen molar-refractivity contribution in [3.63, 3.8) is 0 Å². The second kappa shape index (κ2) is 10.7. The highest BCUT2D eigenvalue weighted by Crippen LogP contribution is 2.66. The zero-order valence-corrected chi connectivity index (χ0v) is 20.3. The van der Waals surface area contributed by atoms with E-state index in [1.165, 1.54) is 6.92 Å². The van der Waals surface area contributed by atoms with Gasteiger partial charge in [0.25, 0.3) is 11.5 Å². The molecule has 19 nitrogen and oxygen atoms in total. The first kappa shape index (κ1) is 29.5. The van der Waals surface area contributed by atoms with Crippen LogP contribution in [0.3, 0.4) is 0 Å². The van der Waals surface area contributed by atoms with Crippen molar-refractivity contribution in [2.75, 3.05) is 6.61 Å². The smallest absolute Gasteiger partial charge is 0.349 e. The molecule has 2 heterocycles. The summed E-state index contributed by atoms with van der Waals surface area (Å²) in [6, 6.07) is 0. The maximum Gasteiger partial charge on any atom is 0.490 e. The fourth-order valence-corrected chi connectivity index (χ4v) is 5.83. The molecule has 1 aromatic heterocycles. The van der Waals surface area contributed by atoms with Crippen molar-refractivity contribution >= 4 is 23.5 Å². The zero-order valence-electron chi connectivity index (χ0n) is 17.6. The Labute approximate surface area is 193 Å². The molecule has 0 spiro atoms. The Bertz CT molecular complexity index is 1250. The molecular formula is C12H19FN5O14P3. The summed E-state index contributed by atoms with van der Waals surface area (Å²) in [5, 5.41) is 2.78. The van der Waals surface area contributed by atoms with Crippen LogP contribution in [0.1, 0.15) is 25.1 Å². The van der Waals surface area contributed by atoms with Crippen LogP contribution >= 0.6 is 23.5 Å². The van der Waals surface area contributed by atoms with Crippen molar-refractivity contribution in [1.29, 1.82) is 0 Å². The van der Waals surface area contributed by atoms with Gasteiger partial charge in [0.05, 0.1) is 12.7 Å². The van der Waals surface area contributed by atoms with Crippen molar-refractivity contribution in [3.05, 3.63) is 43.0 Å². The van der Waals surface area contributed by atoms with Gasteiger partial charge in [-0.2, -0.15) is 8.62 Å². The van der Waals surface area contributed by atoms with Crippen molar-refractivity contribution in [3.8, 4) is 0 Å². The van der Waals surface area contributed by atoms with Crippen molar-refractivity contribution in [2.24, 2.45) is 5.11 Å². The SMILES string of the molecule is Cc1cn([C@H]2CC(OC(C)(F)N=[N+]=[N-])[C@@H](COP(=O)(O)OP(=O)(O)OP(=O)(O)O)O2)c(=O)[nH]c1=O. The van der Waals surface area contributed by atoms with Crippen LogP contribution in [0.4, 0.5) is 4.39 Å². The van der Waals surface area contributed by atoms with Crippen LogP contribution < -0.4 is 11.2 Å².